The van der Waals surface area contributed by atoms with Gasteiger partial charge in [0.25, 0.3) is 0 Å². The maximum atomic E-state index is 5.87. The summed E-state index contributed by atoms with van der Waals surface area (Å²) < 4.78 is 6.28. The van der Waals surface area contributed by atoms with Crippen LogP contribution >= 0.6 is 15.9 Å². The Morgan fingerprint density at radius 3 is 3.00 bits per heavy atom. The fourth-order valence-electron chi connectivity index (χ4n) is 1.53. The first kappa shape index (κ1) is 9.80. The van der Waals surface area contributed by atoms with Crippen molar-refractivity contribution in [1.82, 2.24) is 0 Å². The molecule has 0 bridgehead atoms. The van der Waals surface area contributed by atoms with Gasteiger partial charge in [-0.2, -0.15) is 0 Å². The molecule has 3 N–H and O–H groups in total. The van der Waals surface area contributed by atoms with Crippen LogP contribution in [-0.4, -0.2) is 19.3 Å². The van der Waals surface area contributed by atoms with Crippen LogP contribution in [0.1, 0.15) is 6.42 Å². The van der Waals surface area contributed by atoms with Crippen molar-refractivity contribution in [1.29, 1.82) is 0 Å². The van der Waals surface area contributed by atoms with E-state index >= 15 is 0 Å². The average Bonchev–Trinajstić information content (AvgIpc) is 2.62. The molecule has 1 atom stereocenters. The predicted molar refractivity (Wildman–Crippen MR) is 61.4 cm³/mol. The summed E-state index contributed by atoms with van der Waals surface area (Å²) in [6.07, 6.45) is 1.05. The third kappa shape index (κ3) is 2.19. The monoisotopic (exact) mass is 256 g/mol. The number of benzene rings is 1. The Labute approximate surface area is 91.8 Å². The number of rotatable bonds is 2. The van der Waals surface area contributed by atoms with E-state index in [-0.39, 0.29) is 0 Å². The van der Waals surface area contributed by atoms with Crippen molar-refractivity contribution in [3.05, 3.63) is 22.7 Å². The van der Waals surface area contributed by atoms with E-state index in [0.717, 1.165) is 35.5 Å². The maximum absolute atomic E-state index is 5.87. The largest absolute Gasteiger partial charge is 0.397 e. The van der Waals surface area contributed by atoms with E-state index in [0.29, 0.717) is 6.04 Å². The number of nitrogens with two attached hydrogens (primary N) is 1. The second-order valence-corrected chi connectivity index (χ2v) is 4.35. The molecule has 14 heavy (non-hydrogen) atoms. The third-order valence-electron chi connectivity index (χ3n) is 2.30. The molecule has 76 valence electrons. The lowest BCUT2D eigenvalue weighted by molar-refractivity contribution is 0.195. The second-order valence-electron chi connectivity index (χ2n) is 3.44. The van der Waals surface area contributed by atoms with Gasteiger partial charge in [-0.3, -0.25) is 0 Å². The van der Waals surface area contributed by atoms with Crippen LogP contribution in [0.2, 0.25) is 0 Å². The van der Waals surface area contributed by atoms with Crippen LogP contribution in [0.25, 0.3) is 0 Å². The number of nitrogen functional groups attached to an aromatic ring is 1. The van der Waals surface area contributed by atoms with Gasteiger partial charge in [-0.1, -0.05) is 15.9 Å². The number of ether oxygens (including phenoxy) is 1. The molecule has 1 fully saturated rings. The van der Waals surface area contributed by atoms with Crippen molar-refractivity contribution < 1.29 is 4.74 Å². The summed E-state index contributed by atoms with van der Waals surface area (Å²) in [4.78, 5) is 0. The Hall–Kier alpha value is -0.740. The van der Waals surface area contributed by atoms with Gasteiger partial charge < -0.3 is 15.8 Å². The highest BCUT2D eigenvalue weighted by molar-refractivity contribution is 9.10. The lowest BCUT2D eigenvalue weighted by Gasteiger charge is -2.14. The zero-order valence-corrected chi connectivity index (χ0v) is 9.38. The van der Waals surface area contributed by atoms with Gasteiger partial charge in [0.2, 0.25) is 0 Å². The summed E-state index contributed by atoms with van der Waals surface area (Å²) in [5.74, 6) is 0. The fourth-order valence-corrected chi connectivity index (χ4v) is 1.91. The molecule has 1 aliphatic rings. The van der Waals surface area contributed by atoms with Gasteiger partial charge in [-0.25, -0.2) is 0 Å². The van der Waals surface area contributed by atoms with Crippen LogP contribution in [0, 0.1) is 0 Å². The molecule has 3 nitrogen and oxygen atoms in total. The first-order valence-electron chi connectivity index (χ1n) is 4.65. The minimum Gasteiger partial charge on any atom is -0.397 e. The van der Waals surface area contributed by atoms with Gasteiger partial charge in [0.1, 0.15) is 0 Å². The Morgan fingerprint density at radius 1 is 1.50 bits per heavy atom. The molecule has 1 saturated heterocycles. The van der Waals surface area contributed by atoms with E-state index in [1.807, 2.05) is 18.2 Å². The Bertz CT molecular complexity index is 324. The van der Waals surface area contributed by atoms with E-state index in [1.54, 1.807) is 0 Å². The lowest BCUT2D eigenvalue weighted by atomic mass is 10.2. The minimum atomic E-state index is 0.401. The molecule has 0 radical (unpaired) electrons. The molecule has 1 unspecified atom stereocenters. The first-order valence-corrected chi connectivity index (χ1v) is 5.44. The van der Waals surface area contributed by atoms with Gasteiger partial charge in [0, 0.05) is 11.1 Å². The van der Waals surface area contributed by atoms with E-state index in [4.69, 9.17) is 10.5 Å². The summed E-state index contributed by atoms with van der Waals surface area (Å²) in [6.45, 7) is 1.61. The summed E-state index contributed by atoms with van der Waals surface area (Å²) in [7, 11) is 0. The van der Waals surface area contributed by atoms with Crippen molar-refractivity contribution in [2.24, 2.45) is 0 Å². The first-order chi connectivity index (χ1) is 6.75. The van der Waals surface area contributed by atoms with Crippen molar-refractivity contribution in [3.8, 4) is 0 Å². The molecule has 1 heterocycles. The SMILES string of the molecule is Nc1cc(Br)ccc1NC1CCOC1. The van der Waals surface area contributed by atoms with Crippen LogP contribution in [0.15, 0.2) is 22.7 Å². The molecule has 1 aromatic rings. The smallest absolute Gasteiger partial charge is 0.0668 e. The van der Waals surface area contributed by atoms with E-state index in [1.165, 1.54) is 0 Å². The van der Waals surface area contributed by atoms with Crippen LogP contribution < -0.4 is 11.1 Å². The van der Waals surface area contributed by atoms with E-state index in [2.05, 4.69) is 21.2 Å². The average molecular weight is 257 g/mol. The zero-order valence-electron chi connectivity index (χ0n) is 7.79. The number of hydrogen-bond donors (Lipinski definition) is 2. The predicted octanol–water partition coefficient (Wildman–Crippen LogP) is 2.23. The second kappa shape index (κ2) is 4.19. The summed E-state index contributed by atoms with van der Waals surface area (Å²) in [5.41, 5.74) is 7.63. The van der Waals surface area contributed by atoms with Gasteiger partial charge in [0.05, 0.1) is 24.0 Å². The van der Waals surface area contributed by atoms with Gasteiger partial charge in [-0.15, -0.1) is 0 Å². The number of nitrogens with one attached hydrogen (secondary N) is 1. The van der Waals surface area contributed by atoms with E-state index in [9.17, 15) is 0 Å². The van der Waals surface area contributed by atoms with Crippen LogP contribution in [0.5, 0.6) is 0 Å². The Balaban J connectivity index is 2.08. The normalized spacial score (nSPS) is 21.1. The minimum absolute atomic E-state index is 0.401. The highest BCUT2D eigenvalue weighted by Crippen LogP contribution is 2.24. The summed E-state index contributed by atoms with van der Waals surface area (Å²) in [5, 5.41) is 3.37. The molecular weight excluding hydrogens is 244 g/mol. The number of halogens is 1. The van der Waals surface area contributed by atoms with Crippen LogP contribution in [-0.2, 0) is 4.74 Å². The molecule has 0 aromatic heterocycles. The molecule has 2 rings (SSSR count). The molecule has 0 amide bonds. The number of hydrogen-bond acceptors (Lipinski definition) is 3. The van der Waals surface area contributed by atoms with Gasteiger partial charge in [0.15, 0.2) is 0 Å². The Morgan fingerprint density at radius 2 is 2.36 bits per heavy atom. The molecule has 1 aromatic carbocycles. The highest BCUT2D eigenvalue weighted by atomic mass is 79.9. The summed E-state index contributed by atoms with van der Waals surface area (Å²) >= 11 is 3.38. The topological polar surface area (TPSA) is 47.3 Å². The van der Waals surface area contributed by atoms with Gasteiger partial charge >= 0.3 is 0 Å². The molecule has 0 saturated carbocycles. The number of anilines is 2. The van der Waals surface area contributed by atoms with Crippen molar-refractivity contribution >= 4 is 27.3 Å². The molecule has 1 aliphatic heterocycles. The fraction of sp³-hybridized carbons (Fsp3) is 0.400. The van der Waals surface area contributed by atoms with E-state index < -0.39 is 0 Å². The Kier molecular flexibility index (Phi) is 2.93. The van der Waals surface area contributed by atoms with Crippen LogP contribution in [0.3, 0.4) is 0 Å². The van der Waals surface area contributed by atoms with Crippen molar-refractivity contribution in [2.45, 2.75) is 12.5 Å². The molecule has 4 heteroatoms. The van der Waals surface area contributed by atoms with Crippen molar-refractivity contribution in [3.63, 3.8) is 0 Å². The standard InChI is InChI=1S/C10H13BrN2O/c11-7-1-2-10(9(12)5-7)13-8-3-4-14-6-8/h1-2,5,8,13H,3-4,6,12H2. The molecule has 0 aliphatic carbocycles. The lowest BCUT2D eigenvalue weighted by Crippen LogP contribution is -2.19. The van der Waals surface area contributed by atoms with Gasteiger partial charge in [-0.05, 0) is 24.6 Å². The molecule has 0 spiro atoms. The quantitative estimate of drug-likeness (QED) is 0.799. The zero-order chi connectivity index (χ0) is 9.97. The highest BCUT2D eigenvalue weighted by Gasteiger charge is 2.15. The third-order valence-corrected chi connectivity index (χ3v) is 2.80. The van der Waals surface area contributed by atoms with Crippen LogP contribution in [0.4, 0.5) is 11.4 Å². The maximum Gasteiger partial charge on any atom is 0.0668 e. The summed E-state index contributed by atoms with van der Waals surface area (Å²) in [6, 6.07) is 6.27. The van der Waals surface area contributed by atoms with Crippen molar-refractivity contribution in [2.75, 3.05) is 24.3 Å². The molecular formula is C10H13BrN2O.